The van der Waals surface area contributed by atoms with Crippen LogP contribution in [0.1, 0.15) is 59.4 Å². The second-order valence-electron chi connectivity index (χ2n) is 11.5. The summed E-state index contributed by atoms with van der Waals surface area (Å²) in [4.78, 5) is 14.6. The highest BCUT2D eigenvalue weighted by Crippen LogP contribution is 2.42. The van der Waals surface area contributed by atoms with Crippen molar-refractivity contribution < 1.29 is 18.7 Å². The van der Waals surface area contributed by atoms with Gasteiger partial charge in [0.1, 0.15) is 5.75 Å². The second kappa shape index (κ2) is 12.1. The zero-order valence-electron chi connectivity index (χ0n) is 22.0. The van der Waals surface area contributed by atoms with E-state index in [0.717, 1.165) is 21.1 Å². The maximum absolute atomic E-state index is 12.8. The average molecular weight is 547 g/mol. The first-order valence-corrected chi connectivity index (χ1v) is 16.8. The lowest BCUT2D eigenvalue weighted by Crippen LogP contribution is -2.43. The third-order valence-corrected chi connectivity index (χ3v) is 13.4. The molecule has 1 fully saturated rings. The molecule has 0 aromatic heterocycles. The molecule has 5 nitrogen and oxygen atoms in total. The molecule has 1 heterocycles. The SMILES string of the molecule is CC(C)(C)[Si]CCOCOc1ccc(Cl)c(Cl)c1[C@@H]1CC(=O)N(CCO[Si](C)(C)C(C)(C)C)C1. The van der Waals surface area contributed by atoms with Gasteiger partial charge in [-0.05, 0) is 41.3 Å². The van der Waals surface area contributed by atoms with Gasteiger partial charge in [0, 0.05) is 47.1 Å². The van der Waals surface area contributed by atoms with E-state index in [1.807, 2.05) is 11.0 Å². The van der Waals surface area contributed by atoms with Crippen LogP contribution < -0.4 is 4.74 Å². The molecule has 0 unspecified atom stereocenters. The van der Waals surface area contributed by atoms with Gasteiger partial charge >= 0.3 is 0 Å². The van der Waals surface area contributed by atoms with Crippen LogP contribution in [0, 0.1) is 0 Å². The number of amides is 1. The molecule has 9 heteroatoms. The summed E-state index contributed by atoms with van der Waals surface area (Å²) in [5.41, 5.74) is 0.787. The Morgan fingerprint density at radius 2 is 1.79 bits per heavy atom. The van der Waals surface area contributed by atoms with E-state index in [4.69, 9.17) is 37.1 Å². The van der Waals surface area contributed by atoms with Crippen molar-refractivity contribution in [2.24, 2.45) is 0 Å². The molecule has 0 spiro atoms. The first-order chi connectivity index (χ1) is 15.6. The molecule has 0 aliphatic carbocycles. The maximum atomic E-state index is 12.8. The third kappa shape index (κ3) is 8.52. The molecule has 0 saturated carbocycles. The predicted octanol–water partition coefficient (Wildman–Crippen LogP) is 7.02. The molecule has 2 radical (unpaired) electrons. The van der Waals surface area contributed by atoms with Crippen molar-refractivity contribution in [2.45, 2.75) is 83.1 Å². The summed E-state index contributed by atoms with van der Waals surface area (Å²) >= 11 is 12.9. The fraction of sp³-hybridized carbons (Fsp3) is 0.720. The molecular formula is C25H41Cl2NO4Si2. The lowest BCUT2D eigenvalue weighted by Gasteiger charge is -2.36. The number of rotatable bonds is 11. The van der Waals surface area contributed by atoms with Crippen LogP contribution >= 0.6 is 23.2 Å². The minimum Gasteiger partial charge on any atom is -0.467 e. The summed E-state index contributed by atoms with van der Waals surface area (Å²) in [6.45, 7) is 20.3. The predicted molar refractivity (Wildman–Crippen MR) is 145 cm³/mol. The molecular weight excluding hydrogens is 505 g/mol. The normalized spacial score (nSPS) is 17.5. The van der Waals surface area contributed by atoms with E-state index in [9.17, 15) is 4.79 Å². The van der Waals surface area contributed by atoms with Gasteiger partial charge in [0.05, 0.1) is 16.7 Å². The molecule has 1 aromatic carbocycles. The van der Waals surface area contributed by atoms with Crippen molar-refractivity contribution in [1.29, 1.82) is 0 Å². The number of hydrogen-bond donors (Lipinski definition) is 0. The van der Waals surface area contributed by atoms with Gasteiger partial charge in [-0.15, -0.1) is 0 Å². The van der Waals surface area contributed by atoms with Gasteiger partial charge in [0.25, 0.3) is 0 Å². The van der Waals surface area contributed by atoms with Crippen LogP contribution in [0.4, 0.5) is 0 Å². The van der Waals surface area contributed by atoms with Gasteiger partial charge in [0.15, 0.2) is 15.1 Å². The highest BCUT2D eigenvalue weighted by molar-refractivity contribution is 6.74. The Morgan fingerprint density at radius 1 is 1.12 bits per heavy atom. The van der Waals surface area contributed by atoms with Crippen LogP contribution in [0.15, 0.2) is 12.1 Å². The molecule has 1 aromatic rings. The minimum atomic E-state index is -1.85. The summed E-state index contributed by atoms with van der Waals surface area (Å²) in [7, 11) is -1.02. The number of hydrogen-bond acceptors (Lipinski definition) is 4. The first kappa shape index (κ1) is 29.7. The molecule has 2 rings (SSSR count). The Kier molecular flexibility index (Phi) is 10.6. The van der Waals surface area contributed by atoms with E-state index >= 15 is 0 Å². The van der Waals surface area contributed by atoms with Gasteiger partial charge in [-0.1, -0.05) is 64.7 Å². The molecule has 1 saturated heterocycles. The molecule has 1 aliphatic rings. The van der Waals surface area contributed by atoms with Crippen molar-refractivity contribution in [3.63, 3.8) is 0 Å². The van der Waals surface area contributed by atoms with Gasteiger partial charge in [-0.2, -0.15) is 0 Å². The summed E-state index contributed by atoms with van der Waals surface area (Å²) in [6, 6.07) is 4.55. The topological polar surface area (TPSA) is 48.0 Å². The average Bonchev–Trinajstić information content (AvgIpc) is 3.05. The van der Waals surface area contributed by atoms with Gasteiger partial charge < -0.3 is 18.8 Å². The van der Waals surface area contributed by atoms with E-state index in [0.29, 0.717) is 53.6 Å². The van der Waals surface area contributed by atoms with Crippen molar-refractivity contribution in [1.82, 2.24) is 4.90 Å². The fourth-order valence-corrected chi connectivity index (χ4v) is 6.03. The zero-order valence-corrected chi connectivity index (χ0v) is 25.5. The van der Waals surface area contributed by atoms with Crippen LogP contribution in [0.3, 0.4) is 0 Å². The summed E-state index contributed by atoms with van der Waals surface area (Å²) in [5, 5.41) is 1.37. The summed E-state index contributed by atoms with van der Waals surface area (Å²) < 4.78 is 17.9. The van der Waals surface area contributed by atoms with Crippen LogP contribution in [-0.2, 0) is 14.0 Å². The zero-order chi connectivity index (χ0) is 25.7. The lowest BCUT2D eigenvalue weighted by atomic mass is 9.97. The Labute approximate surface area is 219 Å². The van der Waals surface area contributed by atoms with Crippen molar-refractivity contribution in [2.75, 3.05) is 33.1 Å². The van der Waals surface area contributed by atoms with E-state index in [-0.39, 0.29) is 23.7 Å². The lowest BCUT2D eigenvalue weighted by molar-refractivity contribution is -0.128. The van der Waals surface area contributed by atoms with Gasteiger partial charge in [0.2, 0.25) is 5.91 Å². The summed E-state index contributed by atoms with van der Waals surface area (Å²) in [5.74, 6) is 0.652. The van der Waals surface area contributed by atoms with E-state index in [1.165, 1.54) is 0 Å². The second-order valence-corrected chi connectivity index (χ2v) is 19.4. The number of likely N-dealkylation sites (tertiary alicyclic amines) is 1. The largest absolute Gasteiger partial charge is 0.467 e. The fourth-order valence-electron chi connectivity index (χ4n) is 3.53. The van der Waals surface area contributed by atoms with Crippen LogP contribution in [0.25, 0.3) is 0 Å². The number of carbonyl (C=O) groups excluding carboxylic acids is 1. The molecule has 0 bridgehead atoms. The van der Waals surface area contributed by atoms with Crippen LogP contribution in [0.5, 0.6) is 5.75 Å². The minimum absolute atomic E-state index is 0.0797. The van der Waals surface area contributed by atoms with Crippen molar-refractivity contribution >= 4 is 46.9 Å². The standard InChI is InChI=1S/C25H41Cl2NO4Si2/c1-24(2,3)33-14-13-30-17-31-20-10-9-19(26)23(27)22(20)18-15-21(29)28(16-18)11-12-32-34(7,8)25(4,5)6/h9-10,18H,11-17H2,1-8H3/t18-/m1/s1. The van der Waals surface area contributed by atoms with E-state index in [1.54, 1.807) is 6.07 Å². The monoisotopic (exact) mass is 545 g/mol. The van der Waals surface area contributed by atoms with Crippen molar-refractivity contribution in [3.8, 4) is 5.75 Å². The van der Waals surface area contributed by atoms with Crippen LogP contribution in [0.2, 0.25) is 39.3 Å². The molecule has 0 N–H and O–H groups in total. The number of nitrogens with zero attached hydrogens (tertiary/aromatic N) is 1. The number of benzene rings is 1. The van der Waals surface area contributed by atoms with E-state index in [2.05, 4.69) is 54.6 Å². The van der Waals surface area contributed by atoms with Gasteiger partial charge in [-0.3, -0.25) is 4.79 Å². The molecule has 1 atom stereocenters. The molecule has 192 valence electrons. The molecule has 34 heavy (non-hydrogen) atoms. The maximum Gasteiger partial charge on any atom is 0.223 e. The van der Waals surface area contributed by atoms with Crippen molar-refractivity contribution in [3.05, 3.63) is 27.7 Å². The molecule has 1 aliphatic heterocycles. The number of halogens is 2. The van der Waals surface area contributed by atoms with Gasteiger partial charge in [-0.25, -0.2) is 0 Å². The molecule has 1 amide bonds. The first-order valence-electron chi connectivity index (χ1n) is 12.0. The van der Waals surface area contributed by atoms with E-state index < -0.39 is 8.32 Å². The number of ether oxygens (including phenoxy) is 2. The number of carbonyl (C=O) groups is 1. The Balaban J connectivity index is 1.98. The highest BCUT2D eigenvalue weighted by Gasteiger charge is 2.38. The quantitative estimate of drug-likeness (QED) is 0.170. The Morgan fingerprint density at radius 3 is 2.41 bits per heavy atom. The Hall–Kier alpha value is -0.576. The smallest absolute Gasteiger partial charge is 0.223 e. The highest BCUT2D eigenvalue weighted by atomic mass is 35.5. The third-order valence-electron chi connectivity index (χ3n) is 6.55. The Bertz CT molecular complexity index is 837. The van der Waals surface area contributed by atoms with Crippen LogP contribution in [-0.4, -0.2) is 61.7 Å². The summed E-state index contributed by atoms with van der Waals surface area (Å²) in [6.07, 6.45) is 0.379.